The van der Waals surface area contributed by atoms with Crippen LogP contribution >= 0.6 is 0 Å². The van der Waals surface area contributed by atoms with Crippen LogP contribution in [0.2, 0.25) is 0 Å². The van der Waals surface area contributed by atoms with Crippen LogP contribution in [0.5, 0.6) is 0 Å². The Bertz CT molecular complexity index is 129. The van der Waals surface area contributed by atoms with Crippen LogP contribution in [-0.2, 0) is 4.74 Å². The van der Waals surface area contributed by atoms with Crippen LogP contribution in [0.25, 0.3) is 0 Å². The zero-order valence-corrected chi connectivity index (χ0v) is 10.8. The van der Waals surface area contributed by atoms with E-state index >= 15 is 0 Å². The molecule has 0 aliphatic rings. The second-order valence-electron chi connectivity index (χ2n) is 4.54. The molecule has 0 saturated carbocycles. The standard InChI is InChI=1S/C12H28N2O/c1-11(2)6-5-7-13-8-9-14-10-12(3)15-4/h11-14H,5-10H2,1-4H3. The van der Waals surface area contributed by atoms with Gasteiger partial charge in [0, 0.05) is 26.7 Å². The first-order chi connectivity index (χ1) is 7.16. The minimum absolute atomic E-state index is 0.311. The van der Waals surface area contributed by atoms with E-state index in [1.165, 1.54) is 12.8 Å². The molecule has 3 heteroatoms. The molecule has 0 aliphatic carbocycles. The topological polar surface area (TPSA) is 33.3 Å². The van der Waals surface area contributed by atoms with Gasteiger partial charge in [-0.3, -0.25) is 0 Å². The van der Waals surface area contributed by atoms with Gasteiger partial charge in [0.15, 0.2) is 0 Å². The van der Waals surface area contributed by atoms with Gasteiger partial charge in [0.1, 0.15) is 0 Å². The van der Waals surface area contributed by atoms with Crippen LogP contribution in [0.3, 0.4) is 0 Å². The Hall–Kier alpha value is -0.120. The maximum atomic E-state index is 5.14. The van der Waals surface area contributed by atoms with Crippen LogP contribution in [0.15, 0.2) is 0 Å². The average Bonchev–Trinajstić information content (AvgIpc) is 2.21. The highest BCUT2D eigenvalue weighted by molar-refractivity contribution is 4.57. The van der Waals surface area contributed by atoms with Crippen LogP contribution in [0, 0.1) is 5.92 Å². The van der Waals surface area contributed by atoms with Gasteiger partial charge in [0.25, 0.3) is 0 Å². The van der Waals surface area contributed by atoms with Crippen LogP contribution in [0.4, 0.5) is 0 Å². The third-order valence-corrected chi connectivity index (χ3v) is 2.45. The van der Waals surface area contributed by atoms with Crippen LogP contribution in [0.1, 0.15) is 33.6 Å². The summed E-state index contributed by atoms with van der Waals surface area (Å²) in [5.74, 6) is 0.826. The molecule has 0 heterocycles. The summed E-state index contributed by atoms with van der Waals surface area (Å²) in [4.78, 5) is 0. The molecule has 0 radical (unpaired) electrons. The summed E-state index contributed by atoms with van der Waals surface area (Å²) in [6.45, 7) is 10.8. The van der Waals surface area contributed by atoms with Gasteiger partial charge in [0.05, 0.1) is 6.10 Å². The van der Waals surface area contributed by atoms with Gasteiger partial charge in [0.2, 0.25) is 0 Å². The molecule has 0 rings (SSSR count). The van der Waals surface area contributed by atoms with Crippen molar-refractivity contribution in [3.05, 3.63) is 0 Å². The number of rotatable bonds is 10. The quantitative estimate of drug-likeness (QED) is 0.545. The predicted molar refractivity (Wildman–Crippen MR) is 66.3 cm³/mol. The lowest BCUT2D eigenvalue weighted by molar-refractivity contribution is 0.117. The average molecular weight is 216 g/mol. The second kappa shape index (κ2) is 10.4. The molecule has 0 amide bonds. The van der Waals surface area contributed by atoms with Crippen molar-refractivity contribution in [2.24, 2.45) is 5.92 Å². The third-order valence-electron chi connectivity index (χ3n) is 2.45. The van der Waals surface area contributed by atoms with Gasteiger partial charge in [-0.2, -0.15) is 0 Å². The summed E-state index contributed by atoms with van der Waals surface area (Å²) in [5.41, 5.74) is 0. The fourth-order valence-electron chi connectivity index (χ4n) is 1.33. The highest BCUT2D eigenvalue weighted by Gasteiger charge is 1.97. The molecule has 0 aromatic heterocycles. The van der Waals surface area contributed by atoms with Crippen molar-refractivity contribution in [2.75, 3.05) is 33.3 Å². The third kappa shape index (κ3) is 11.8. The predicted octanol–water partition coefficient (Wildman–Crippen LogP) is 1.64. The van der Waals surface area contributed by atoms with Gasteiger partial charge in [-0.05, 0) is 32.2 Å². The van der Waals surface area contributed by atoms with E-state index in [9.17, 15) is 0 Å². The van der Waals surface area contributed by atoms with E-state index in [4.69, 9.17) is 4.74 Å². The molecule has 0 spiro atoms. The monoisotopic (exact) mass is 216 g/mol. The Kier molecular flexibility index (Phi) is 10.3. The highest BCUT2D eigenvalue weighted by Crippen LogP contribution is 2.01. The Balaban J connectivity index is 2.99. The molecule has 0 saturated heterocycles. The van der Waals surface area contributed by atoms with Gasteiger partial charge in [-0.25, -0.2) is 0 Å². The maximum absolute atomic E-state index is 5.14. The lowest BCUT2D eigenvalue weighted by Gasteiger charge is -2.11. The summed E-state index contributed by atoms with van der Waals surface area (Å²) < 4.78 is 5.14. The summed E-state index contributed by atoms with van der Waals surface area (Å²) in [7, 11) is 1.75. The Morgan fingerprint density at radius 1 is 1.00 bits per heavy atom. The molecular weight excluding hydrogens is 188 g/mol. The zero-order valence-electron chi connectivity index (χ0n) is 10.8. The first kappa shape index (κ1) is 14.9. The lowest BCUT2D eigenvalue weighted by Crippen LogP contribution is -2.32. The minimum Gasteiger partial charge on any atom is -0.380 e. The molecule has 0 fully saturated rings. The highest BCUT2D eigenvalue weighted by atomic mass is 16.5. The minimum atomic E-state index is 0.311. The van der Waals surface area contributed by atoms with Crippen molar-refractivity contribution < 1.29 is 4.74 Å². The van der Waals surface area contributed by atoms with Crippen molar-refractivity contribution in [1.82, 2.24) is 10.6 Å². The SMILES string of the molecule is COC(C)CNCCNCCCC(C)C. The lowest BCUT2D eigenvalue weighted by atomic mass is 10.1. The molecule has 0 aliphatic heterocycles. The number of hydrogen-bond acceptors (Lipinski definition) is 3. The summed E-state index contributed by atoms with van der Waals surface area (Å²) in [5, 5.41) is 6.78. The summed E-state index contributed by atoms with van der Waals surface area (Å²) >= 11 is 0. The summed E-state index contributed by atoms with van der Waals surface area (Å²) in [6.07, 6.45) is 2.92. The molecule has 92 valence electrons. The van der Waals surface area contributed by atoms with Gasteiger partial charge in [-0.1, -0.05) is 13.8 Å². The van der Waals surface area contributed by atoms with E-state index < -0.39 is 0 Å². The van der Waals surface area contributed by atoms with E-state index in [0.717, 1.165) is 32.1 Å². The Labute approximate surface area is 95.0 Å². The Morgan fingerprint density at radius 3 is 2.27 bits per heavy atom. The van der Waals surface area contributed by atoms with Crippen LogP contribution in [-0.4, -0.2) is 39.4 Å². The number of methoxy groups -OCH3 is 1. The Morgan fingerprint density at radius 2 is 1.67 bits per heavy atom. The van der Waals surface area contributed by atoms with Gasteiger partial charge >= 0.3 is 0 Å². The van der Waals surface area contributed by atoms with E-state index in [1.807, 2.05) is 0 Å². The zero-order chi connectivity index (χ0) is 11.5. The number of hydrogen-bond donors (Lipinski definition) is 2. The van der Waals surface area contributed by atoms with E-state index in [-0.39, 0.29) is 0 Å². The van der Waals surface area contributed by atoms with Crippen molar-refractivity contribution in [1.29, 1.82) is 0 Å². The first-order valence-corrected chi connectivity index (χ1v) is 6.11. The molecular formula is C12H28N2O. The van der Waals surface area contributed by atoms with E-state index in [0.29, 0.717) is 6.10 Å². The molecule has 15 heavy (non-hydrogen) atoms. The smallest absolute Gasteiger partial charge is 0.0667 e. The molecule has 2 N–H and O–H groups in total. The van der Waals surface area contributed by atoms with Gasteiger partial charge < -0.3 is 15.4 Å². The normalized spacial score (nSPS) is 13.4. The molecule has 0 aromatic rings. The maximum Gasteiger partial charge on any atom is 0.0667 e. The van der Waals surface area contributed by atoms with Gasteiger partial charge in [-0.15, -0.1) is 0 Å². The van der Waals surface area contributed by atoms with Crippen molar-refractivity contribution in [3.8, 4) is 0 Å². The summed E-state index contributed by atoms with van der Waals surface area (Å²) in [6, 6.07) is 0. The van der Waals surface area contributed by atoms with Crippen molar-refractivity contribution in [2.45, 2.75) is 39.7 Å². The molecule has 0 aromatic carbocycles. The molecule has 0 bridgehead atoms. The molecule has 1 unspecified atom stereocenters. The van der Waals surface area contributed by atoms with Crippen molar-refractivity contribution >= 4 is 0 Å². The van der Waals surface area contributed by atoms with E-state index in [2.05, 4.69) is 31.4 Å². The number of nitrogens with one attached hydrogen (secondary N) is 2. The van der Waals surface area contributed by atoms with Crippen molar-refractivity contribution in [3.63, 3.8) is 0 Å². The fourth-order valence-corrected chi connectivity index (χ4v) is 1.33. The largest absolute Gasteiger partial charge is 0.380 e. The molecule has 3 nitrogen and oxygen atoms in total. The number of ether oxygens (including phenoxy) is 1. The fraction of sp³-hybridized carbons (Fsp3) is 1.00. The second-order valence-corrected chi connectivity index (χ2v) is 4.54. The molecule has 1 atom stereocenters. The van der Waals surface area contributed by atoms with Crippen LogP contribution < -0.4 is 10.6 Å². The van der Waals surface area contributed by atoms with E-state index in [1.54, 1.807) is 7.11 Å². The first-order valence-electron chi connectivity index (χ1n) is 6.11.